The Morgan fingerprint density at radius 2 is 2.17 bits per heavy atom. The topological polar surface area (TPSA) is 48.0 Å². The number of amides is 1. The minimum absolute atomic E-state index is 0.0774. The molecular formula is C17H24FNO4. The molecule has 1 heterocycles. The van der Waals surface area contributed by atoms with Gasteiger partial charge in [-0.05, 0) is 32.0 Å². The highest BCUT2D eigenvalue weighted by atomic mass is 19.1. The highest BCUT2D eigenvalue weighted by Crippen LogP contribution is 2.24. The summed E-state index contributed by atoms with van der Waals surface area (Å²) < 4.78 is 29.7. The minimum atomic E-state index is -0.441. The van der Waals surface area contributed by atoms with Gasteiger partial charge in [0.25, 0.3) is 0 Å². The van der Waals surface area contributed by atoms with Gasteiger partial charge in [-0.25, -0.2) is 4.39 Å². The fourth-order valence-electron chi connectivity index (χ4n) is 2.92. The maximum Gasteiger partial charge on any atom is 0.227 e. The van der Waals surface area contributed by atoms with Crippen LogP contribution in [-0.4, -0.2) is 56.4 Å². The van der Waals surface area contributed by atoms with Crippen LogP contribution in [0.15, 0.2) is 18.2 Å². The van der Waals surface area contributed by atoms with E-state index in [0.29, 0.717) is 31.0 Å². The lowest BCUT2D eigenvalue weighted by Crippen LogP contribution is -2.56. The SMILES string of the molecule is COC[C@H]1CN(C(=O)Cc2cc(F)ccc2OC)CC(C)(C)O1. The van der Waals surface area contributed by atoms with Crippen molar-refractivity contribution in [1.29, 1.82) is 0 Å². The molecule has 1 saturated heterocycles. The van der Waals surface area contributed by atoms with Crippen LogP contribution in [0.5, 0.6) is 5.75 Å². The zero-order valence-corrected chi connectivity index (χ0v) is 14.1. The van der Waals surface area contributed by atoms with Crippen molar-refractivity contribution < 1.29 is 23.4 Å². The van der Waals surface area contributed by atoms with Crippen molar-refractivity contribution in [2.75, 3.05) is 33.9 Å². The van der Waals surface area contributed by atoms with Crippen molar-refractivity contribution in [2.45, 2.75) is 32.0 Å². The summed E-state index contributed by atoms with van der Waals surface area (Å²) in [6, 6.07) is 4.20. The smallest absolute Gasteiger partial charge is 0.227 e. The monoisotopic (exact) mass is 325 g/mol. The molecule has 1 amide bonds. The van der Waals surface area contributed by atoms with Gasteiger partial charge in [0.05, 0.1) is 31.8 Å². The summed E-state index contributed by atoms with van der Waals surface area (Å²) in [6.07, 6.45) is -0.0708. The van der Waals surface area contributed by atoms with Gasteiger partial charge in [-0.1, -0.05) is 0 Å². The molecule has 0 aromatic heterocycles. The number of carbonyl (C=O) groups excluding carboxylic acids is 1. The second kappa shape index (κ2) is 7.27. The van der Waals surface area contributed by atoms with E-state index in [1.54, 1.807) is 12.0 Å². The Kier molecular flexibility index (Phi) is 5.59. The van der Waals surface area contributed by atoms with Crippen molar-refractivity contribution in [3.8, 4) is 5.75 Å². The summed E-state index contributed by atoms with van der Waals surface area (Å²) in [5.74, 6) is 0.0558. The van der Waals surface area contributed by atoms with Gasteiger partial charge >= 0.3 is 0 Å². The molecule has 6 heteroatoms. The number of benzene rings is 1. The molecule has 1 aliphatic rings. The second-order valence-corrected chi connectivity index (χ2v) is 6.36. The molecule has 5 nitrogen and oxygen atoms in total. The van der Waals surface area contributed by atoms with E-state index >= 15 is 0 Å². The molecular weight excluding hydrogens is 301 g/mol. The van der Waals surface area contributed by atoms with Crippen LogP contribution < -0.4 is 4.74 Å². The Morgan fingerprint density at radius 1 is 1.43 bits per heavy atom. The third-order valence-corrected chi connectivity index (χ3v) is 3.77. The number of hydrogen-bond acceptors (Lipinski definition) is 4. The highest BCUT2D eigenvalue weighted by molar-refractivity contribution is 5.79. The first-order valence-electron chi connectivity index (χ1n) is 7.61. The number of methoxy groups -OCH3 is 2. The lowest BCUT2D eigenvalue weighted by molar-refractivity contribution is -0.168. The van der Waals surface area contributed by atoms with Gasteiger partial charge in [0.15, 0.2) is 0 Å². The van der Waals surface area contributed by atoms with E-state index < -0.39 is 5.60 Å². The average molecular weight is 325 g/mol. The molecule has 23 heavy (non-hydrogen) atoms. The molecule has 2 rings (SSSR count). The highest BCUT2D eigenvalue weighted by Gasteiger charge is 2.35. The standard InChI is InChI=1S/C17H24FNO4/c1-17(2)11-19(9-14(23-17)10-21-3)16(20)8-12-7-13(18)5-6-15(12)22-4/h5-7,14H,8-11H2,1-4H3/t14-/m1/s1. The summed E-state index contributed by atoms with van der Waals surface area (Å²) in [5.41, 5.74) is 0.105. The van der Waals surface area contributed by atoms with Gasteiger partial charge in [0, 0.05) is 25.8 Å². The largest absolute Gasteiger partial charge is 0.496 e. The van der Waals surface area contributed by atoms with Crippen LogP contribution in [0.4, 0.5) is 4.39 Å². The van der Waals surface area contributed by atoms with E-state index in [9.17, 15) is 9.18 Å². The van der Waals surface area contributed by atoms with E-state index in [-0.39, 0.29) is 24.2 Å². The zero-order valence-electron chi connectivity index (χ0n) is 14.1. The van der Waals surface area contributed by atoms with Crippen molar-refractivity contribution in [2.24, 2.45) is 0 Å². The molecule has 1 aromatic carbocycles. The van der Waals surface area contributed by atoms with Gasteiger partial charge in [-0.15, -0.1) is 0 Å². The van der Waals surface area contributed by atoms with Gasteiger partial charge in [-0.3, -0.25) is 4.79 Å². The van der Waals surface area contributed by atoms with E-state index in [1.807, 2.05) is 13.8 Å². The molecule has 0 N–H and O–H groups in total. The summed E-state index contributed by atoms with van der Waals surface area (Å²) in [6.45, 7) is 5.27. The Hall–Kier alpha value is -1.66. The molecule has 0 saturated carbocycles. The third-order valence-electron chi connectivity index (χ3n) is 3.77. The number of hydrogen-bond donors (Lipinski definition) is 0. The molecule has 0 radical (unpaired) electrons. The lowest BCUT2D eigenvalue weighted by atomic mass is 10.0. The number of rotatable bonds is 5. The Morgan fingerprint density at radius 3 is 2.83 bits per heavy atom. The fraction of sp³-hybridized carbons (Fsp3) is 0.588. The van der Waals surface area contributed by atoms with Crippen LogP contribution in [0.25, 0.3) is 0 Å². The van der Waals surface area contributed by atoms with Crippen LogP contribution in [-0.2, 0) is 20.7 Å². The van der Waals surface area contributed by atoms with Crippen molar-refractivity contribution in [1.82, 2.24) is 4.90 Å². The zero-order chi connectivity index (χ0) is 17.0. The van der Waals surface area contributed by atoms with Gasteiger partial charge in [-0.2, -0.15) is 0 Å². The molecule has 1 aliphatic heterocycles. The Balaban J connectivity index is 2.12. The summed E-state index contributed by atoms with van der Waals surface area (Å²) in [4.78, 5) is 14.4. The van der Waals surface area contributed by atoms with Crippen molar-refractivity contribution in [3.05, 3.63) is 29.6 Å². The van der Waals surface area contributed by atoms with E-state index in [2.05, 4.69) is 0 Å². The fourth-order valence-corrected chi connectivity index (χ4v) is 2.92. The molecule has 1 fully saturated rings. The number of carbonyl (C=O) groups is 1. The number of morpholine rings is 1. The third kappa shape index (κ3) is 4.65. The second-order valence-electron chi connectivity index (χ2n) is 6.36. The van der Waals surface area contributed by atoms with Crippen LogP contribution in [0.1, 0.15) is 19.4 Å². The van der Waals surface area contributed by atoms with Crippen LogP contribution in [0.2, 0.25) is 0 Å². The first-order chi connectivity index (χ1) is 10.8. The predicted molar refractivity (Wildman–Crippen MR) is 84.1 cm³/mol. The molecule has 1 atom stereocenters. The quantitative estimate of drug-likeness (QED) is 0.831. The Labute approximate surface area is 136 Å². The number of ether oxygens (including phenoxy) is 3. The van der Waals surface area contributed by atoms with E-state index in [1.165, 1.54) is 25.3 Å². The van der Waals surface area contributed by atoms with Crippen molar-refractivity contribution >= 4 is 5.91 Å². The molecule has 0 unspecified atom stereocenters. The van der Waals surface area contributed by atoms with Gasteiger partial charge in [0.2, 0.25) is 5.91 Å². The maximum atomic E-state index is 13.4. The van der Waals surface area contributed by atoms with Gasteiger partial charge in [0.1, 0.15) is 11.6 Å². The minimum Gasteiger partial charge on any atom is -0.496 e. The predicted octanol–water partition coefficient (Wildman–Crippen LogP) is 2.03. The molecule has 1 aromatic rings. The van der Waals surface area contributed by atoms with Crippen LogP contribution in [0, 0.1) is 5.82 Å². The number of nitrogens with zero attached hydrogens (tertiary/aromatic N) is 1. The van der Waals surface area contributed by atoms with Crippen LogP contribution >= 0.6 is 0 Å². The molecule has 0 spiro atoms. The number of halogens is 1. The van der Waals surface area contributed by atoms with Gasteiger partial charge < -0.3 is 19.1 Å². The molecule has 128 valence electrons. The maximum absolute atomic E-state index is 13.4. The average Bonchev–Trinajstić information content (AvgIpc) is 2.46. The lowest BCUT2D eigenvalue weighted by Gasteiger charge is -2.42. The van der Waals surface area contributed by atoms with Crippen LogP contribution in [0.3, 0.4) is 0 Å². The summed E-state index contributed by atoms with van der Waals surface area (Å²) in [7, 11) is 3.11. The van der Waals surface area contributed by atoms with E-state index in [0.717, 1.165) is 0 Å². The van der Waals surface area contributed by atoms with Crippen molar-refractivity contribution in [3.63, 3.8) is 0 Å². The first kappa shape index (κ1) is 17.7. The molecule has 0 aliphatic carbocycles. The van der Waals surface area contributed by atoms with E-state index in [4.69, 9.17) is 14.2 Å². The Bertz CT molecular complexity index is 562. The summed E-state index contributed by atoms with van der Waals surface area (Å²) in [5, 5.41) is 0. The molecule has 0 bridgehead atoms. The normalized spacial score (nSPS) is 20.4. The summed E-state index contributed by atoms with van der Waals surface area (Å²) >= 11 is 0. The first-order valence-corrected chi connectivity index (χ1v) is 7.61.